The Labute approximate surface area is 119 Å². The van der Waals surface area contributed by atoms with Gasteiger partial charge in [0.15, 0.2) is 0 Å². The van der Waals surface area contributed by atoms with Crippen LogP contribution in [0.3, 0.4) is 0 Å². The quantitative estimate of drug-likeness (QED) is 0.918. The number of nitrogens with two attached hydrogens (primary N) is 1. The Bertz CT molecular complexity index is 429. The van der Waals surface area contributed by atoms with Gasteiger partial charge in [0, 0.05) is 10.9 Å². The average molecular weight is 279 g/mol. The fourth-order valence-corrected chi connectivity index (χ4v) is 4.65. The van der Waals surface area contributed by atoms with Gasteiger partial charge in [0.2, 0.25) is 0 Å². The van der Waals surface area contributed by atoms with Gasteiger partial charge in [-0.2, -0.15) is 0 Å². The van der Waals surface area contributed by atoms with Crippen LogP contribution >= 0.6 is 0 Å². The van der Waals surface area contributed by atoms with Gasteiger partial charge in [-0.05, 0) is 44.2 Å². The zero-order valence-corrected chi connectivity index (χ0v) is 12.8. The second-order valence-electron chi connectivity index (χ2n) is 5.78. The largest absolute Gasteiger partial charge is 0.327 e. The van der Waals surface area contributed by atoms with Crippen LogP contribution in [0.5, 0.6) is 0 Å². The summed E-state index contributed by atoms with van der Waals surface area (Å²) in [6.45, 7) is 4.27. The van der Waals surface area contributed by atoms with Crippen LogP contribution in [-0.2, 0) is 10.8 Å². The fourth-order valence-electron chi connectivity index (χ4n) is 3.00. The van der Waals surface area contributed by atoms with Crippen molar-refractivity contribution in [3.63, 3.8) is 0 Å². The molecule has 0 bridgehead atoms. The molecule has 0 heterocycles. The highest BCUT2D eigenvalue weighted by Gasteiger charge is 2.32. The van der Waals surface area contributed by atoms with Crippen molar-refractivity contribution in [2.24, 2.45) is 11.7 Å². The highest BCUT2D eigenvalue weighted by atomic mass is 32.2. The van der Waals surface area contributed by atoms with Gasteiger partial charge in [0.25, 0.3) is 0 Å². The van der Waals surface area contributed by atoms with E-state index < -0.39 is 10.8 Å². The summed E-state index contributed by atoms with van der Waals surface area (Å²) in [4.78, 5) is 0.934. The highest BCUT2D eigenvalue weighted by Crippen LogP contribution is 2.32. The maximum absolute atomic E-state index is 12.7. The maximum atomic E-state index is 12.7. The lowest BCUT2D eigenvalue weighted by atomic mass is 9.83. The molecule has 1 aliphatic carbocycles. The monoisotopic (exact) mass is 279 g/mol. The Morgan fingerprint density at radius 3 is 2.58 bits per heavy atom. The maximum Gasteiger partial charge on any atom is 0.0576 e. The number of hydrogen-bond donors (Lipinski definition) is 1. The Kier molecular flexibility index (Phi) is 5.17. The first-order chi connectivity index (χ1) is 9.11. The third-order valence-corrected chi connectivity index (χ3v) is 6.01. The van der Waals surface area contributed by atoms with Crippen molar-refractivity contribution in [1.29, 1.82) is 0 Å². The van der Waals surface area contributed by atoms with E-state index in [2.05, 4.69) is 13.8 Å². The van der Waals surface area contributed by atoms with E-state index >= 15 is 0 Å². The molecule has 1 saturated carbocycles. The van der Waals surface area contributed by atoms with Crippen molar-refractivity contribution in [3.8, 4) is 0 Å². The first-order valence-corrected chi connectivity index (χ1v) is 8.56. The Morgan fingerprint density at radius 1 is 1.26 bits per heavy atom. The molecular weight excluding hydrogens is 254 g/mol. The Hall–Kier alpha value is -0.670. The predicted molar refractivity (Wildman–Crippen MR) is 81.6 cm³/mol. The van der Waals surface area contributed by atoms with E-state index in [4.69, 9.17) is 5.73 Å². The summed E-state index contributed by atoms with van der Waals surface area (Å²) in [6, 6.07) is 8.13. The molecular formula is C16H25NOS. The van der Waals surface area contributed by atoms with Crippen LogP contribution in [0.4, 0.5) is 0 Å². The molecule has 0 amide bonds. The minimum atomic E-state index is -0.957. The minimum Gasteiger partial charge on any atom is -0.327 e. The zero-order valence-electron chi connectivity index (χ0n) is 12.0. The summed E-state index contributed by atoms with van der Waals surface area (Å²) < 4.78 is 12.7. The lowest BCUT2D eigenvalue weighted by Gasteiger charge is -2.33. The summed E-state index contributed by atoms with van der Waals surface area (Å²) in [5.74, 6) is 0.712. The van der Waals surface area contributed by atoms with Crippen molar-refractivity contribution in [1.82, 2.24) is 0 Å². The van der Waals surface area contributed by atoms with Crippen LogP contribution in [0.25, 0.3) is 0 Å². The molecule has 0 aromatic heterocycles. The lowest BCUT2D eigenvalue weighted by Crippen LogP contribution is -2.43. The van der Waals surface area contributed by atoms with E-state index in [1.165, 1.54) is 24.8 Å². The summed E-state index contributed by atoms with van der Waals surface area (Å²) in [7, 11) is -0.957. The van der Waals surface area contributed by atoms with Crippen LogP contribution in [-0.4, -0.2) is 15.5 Å². The van der Waals surface area contributed by atoms with Gasteiger partial charge in [0.1, 0.15) is 0 Å². The second kappa shape index (κ2) is 6.67. The topological polar surface area (TPSA) is 43.1 Å². The number of hydrogen-bond acceptors (Lipinski definition) is 2. The van der Waals surface area contributed by atoms with Crippen molar-refractivity contribution < 1.29 is 4.21 Å². The smallest absolute Gasteiger partial charge is 0.0576 e. The first kappa shape index (κ1) is 14.7. The molecule has 2 rings (SSSR count). The normalized spacial score (nSPS) is 29.1. The Morgan fingerprint density at radius 2 is 1.95 bits per heavy atom. The zero-order chi connectivity index (χ0) is 13.8. The molecule has 4 unspecified atom stereocenters. The molecule has 1 aliphatic rings. The number of benzene rings is 1. The van der Waals surface area contributed by atoms with Crippen molar-refractivity contribution in [2.75, 3.05) is 0 Å². The summed E-state index contributed by atoms with van der Waals surface area (Å²) in [5, 5.41) is 0.132. The molecule has 3 heteroatoms. The van der Waals surface area contributed by atoms with Gasteiger partial charge in [-0.1, -0.05) is 37.5 Å². The molecule has 2 N–H and O–H groups in total. The van der Waals surface area contributed by atoms with Gasteiger partial charge >= 0.3 is 0 Å². The van der Waals surface area contributed by atoms with E-state index in [-0.39, 0.29) is 11.3 Å². The molecule has 0 saturated heterocycles. The molecule has 0 radical (unpaired) electrons. The van der Waals surface area contributed by atoms with Gasteiger partial charge < -0.3 is 5.73 Å². The Balaban J connectivity index is 2.09. The highest BCUT2D eigenvalue weighted by molar-refractivity contribution is 7.85. The van der Waals surface area contributed by atoms with Crippen molar-refractivity contribution in [2.45, 2.75) is 62.1 Å². The van der Waals surface area contributed by atoms with Crippen LogP contribution < -0.4 is 5.73 Å². The number of aryl methyl sites for hydroxylation is 1. The minimum absolute atomic E-state index is 0.0928. The van der Waals surface area contributed by atoms with Crippen LogP contribution in [0.15, 0.2) is 29.2 Å². The third kappa shape index (κ3) is 3.67. The molecule has 0 aliphatic heterocycles. The number of rotatable bonds is 4. The molecule has 1 aromatic carbocycles. The van der Waals surface area contributed by atoms with Crippen LogP contribution in [0.1, 0.15) is 44.6 Å². The summed E-state index contributed by atoms with van der Waals surface area (Å²) in [5.41, 5.74) is 7.42. The summed E-state index contributed by atoms with van der Waals surface area (Å²) >= 11 is 0. The average Bonchev–Trinajstić information content (AvgIpc) is 2.41. The van der Waals surface area contributed by atoms with Gasteiger partial charge in [-0.3, -0.25) is 4.21 Å². The standard InChI is InChI=1S/C16H25NOS/c1-3-4-13-7-10-15(17)16(11-13)19(18)14-8-5-12(2)6-9-14/h5-6,8-9,13,15-16H,3-4,7,10-11,17H2,1-2H3. The predicted octanol–water partition coefficient (Wildman–Crippen LogP) is 3.40. The van der Waals surface area contributed by atoms with Crippen molar-refractivity contribution in [3.05, 3.63) is 29.8 Å². The van der Waals surface area contributed by atoms with Crippen molar-refractivity contribution >= 4 is 10.8 Å². The van der Waals surface area contributed by atoms with Gasteiger partial charge in [0.05, 0.1) is 16.0 Å². The van der Waals surface area contributed by atoms with E-state index in [1.807, 2.05) is 24.3 Å². The van der Waals surface area contributed by atoms with Crippen LogP contribution in [0.2, 0.25) is 0 Å². The molecule has 0 spiro atoms. The summed E-state index contributed by atoms with van der Waals surface area (Å²) in [6.07, 6.45) is 5.71. The van der Waals surface area contributed by atoms with Crippen LogP contribution in [0, 0.1) is 12.8 Å². The molecule has 4 atom stereocenters. The van der Waals surface area contributed by atoms with Gasteiger partial charge in [-0.25, -0.2) is 0 Å². The van der Waals surface area contributed by atoms with E-state index in [9.17, 15) is 4.21 Å². The molecule has 1 fully saturated rings. The fraction of sp³-hybridized carbons (Fsp3) is 0.625. The van der Waals surface area contributed by atoms with E-state index in [1.54, 1.807) is 0 Å². The van der Waals surface area contributed by atoms with E-state index in [0.29, 0.717) is 5.92 Å². The molecule has 19 heavy (non-hydrogen) atoms. The van der Waals surface area contributed by atoms with E-state index in [0.717, 1.165) is 17.7 Å². The second-order valence-corrected chi connectivity index (χ2v) is 7.45. The SMILES string of the molecule is CCCC1CCC(N)C(S(=O)c2ccc(C)cc2)C1. The molecule has 2 nitrogen and oxygen atoms in total. The van der Waals surface area contributed by atoms with Gasteiger partial charge in [-0.15, -0.1) is 0 Å². The first-order valence-electron chi connectivity index (χ1n) is 7.34. The lowest BCUT2D eigenvalue weighted by molar-refractivity contribution is 0.313. The third-order valence-electron chi connectivity index (χ3n) is 4.18. The molecule has 106 valence electrons. The molecule has 1 aromatic rings.